The van der Waals surface area contributed by atoms with Gasteiger partial charge in [0.2, 0.25) is 0 Å². The summed E-state index contributed by atoms with van der Waals surface area (Å²) in [6.45, 7) is 4.70. The molecular weight excluding hydrogens is 444 g/mol. The minimum atomic E-state index is -0.0435. The molecule has 3 heterocycles. The number of carbonyl (C=O) groups excluding carboxylic acids is 1. The monoisotopic (exact) mass is 468 g/mol. The normalized spacial score (nSPS) is 14.9. The first-order valence-corrected chi connectivity index (χ1v) is 12.6. The number of nitrogens with zero attached hydrogens (tertiary/aromatic N) is 6. The van der Waals surface area contributed by atoms with E-state index >= 15 is 0 Å². The van der Waals surface area contributed by atoms with E-state index in [-0.39, 0.29) is 12.5 Å². The van der Waals surface area contributed by atoms with E-state index in [1.54, 1.807) is 32.7 Å². The van der Waals surface area contributed by atoms with E-state index in [4.69, 9.17) is 9.72 Å². The van der Waals surface area contributed by atoms with E-state index in [9.17, 15) is 4.79 Å². The number of anilines is 1. The highest BCUT2D eigenvalue weighted by Gasteiger charge is 2.23. The lowest BCUT2D eigenvalue weighted by atomic mass is 10.3. The summed E-state index contributed by atoms with van der Waals surface area (Å²) in [5.41, 5.74) is 2.55. The molecule has 0 radical (unpaired) electrons. The summed E-state index contributed by atoms with van der Waals surface area (Å²) in [5, 5.41) is 9.10. The number of ether oxygens (including phenoxy) is 1. The number of amides is 1. The maximum absolute atomic E-state index is 13.5. The number of fused-ring (bicyclic) bond motifs is 2. The number of carbonyl (C=O) groups is 1. The molecule has 2 aromatic carbocycles. The van der Waals surface area contributed by atoms with E-state index in [0.717, 1.165) is 59.2 Å². The van der Waals surface area contributed by atoms with Crippen LogP contribution in [0.5, 0.6) is 0 Å². The predicted molar refractivity (Wildman–Crippen MR) is 129 cm³/mol. The van der Waals surface area contributed by atoms with Crippen LogP contribution in [-0.2, 0) is 16.1 Å². The molecule has 1 saturated heterocycles. The van der Waals surface area contributed by atoms with Crippen molar-refractivity contribution in [3.05, 3.63) is 42.5 Å². The number of hydrogen-bond acceptors (Lipinski definition) is 8. The lowest BCUT2D eigenvalue weighted by Crippen LogP contribution is -2.44. The molecule has 0 atom stereocenters. The third-order valence-corrected chi connectivity index (χ3v) is 7.33. The van der Waals surface area contributed by atoms with Gasteiger partial charge in [-0.05, 0) is 36.6 Å². The van der Waals surface area contributed by atoms with Gasteiger partial charge < -0.3 is 4.74 Å². The summed E-state index contributed by atoms with van der Waals surface area (Å²) in [7, 11) is 0. The van der Waals surface area contributed by atoms with Gasteiger partial charge in [-0.25, -0.2) is 9.67 Å². The molecule has 0 spiro atoms. The van der Waals surface area contributed by atoms with Gasteiger partial charge in [0.05, 0.1) is 28.9 Å². The van der Waals surface area contributed by atoms with Crippen molar-refractivity contribution in [2.45, 2.75) is 11.4 Å². The lowest BCUT2D eigenvalue weighted by molar-refractivity contribution is -0.119. The van der Waals surface area contributed by atoms with E-state index < -0.39 is 0 Å². The van der Waals surface area contributed by atoms with Gasteiger partial charge in [-0.2, -0.15) is 0 Å². The molecule has 10 heteroatoms. The van der Waals surface area contributed by atoms with Crippen molar-refractivity contribution in [1.29, 1.82) is 0 Å². The lowest BCUT2D eigenvalue weighted by Gasteiger charge is -2.29. The van der Waals surface area contributed by atoms with E-state index in [1.807, 2.05) is 30.3 Å². The first-order valence-electron chi connectivity index (χ1n) is 10.5. The average Bonchev–Trinajstić information content (AvgIpc) is 3.43. The Balaban J connectivity index is 1.42. The van der Waals surface area contributed by atoms with Gasteiger partial charge in [-0.3, -0.25) is 14.6 Å². The first kappa shape index (κ1) is 21.3. The third-order valence-electron chi connectivity index (χ3n) is 5.57. The molecule has 0 N–H and O–H groups in total. The molecule has 4 aromatic rings. The molecule has 2 aromatic heterocycles. The number of aromatic nitrogens is 4. The summed E-state index contributed by atoms with van der Waals surface area (Å²) < 4.78 is 8.21. The molecule has 32 heavy (non-hydrogen) atoms. The zero-order chi connectivity index (χ0) is 21.9. The molecule has 1 aliphatic heterocycles. The minimum Gasteiger partial charge on any atom is -0.379 e. The summed E-state index contributed by atoms with van der Waals surface area (Å²) in [4.78, 5) is 23.6. The Morgan fingerprint density at radius 2 is 2.03 bits per heavy atom. The number of thiazole rings is 1. The van der Waals surface area contributed by atoms with Gasteiger partial charge >= 0.3 is 0 Å². The van der Waals surface area contributed by atoms with Crippen LogP contribution in [0.2, 0.25) is 0 Å². The van der Waals surface area contributed by atoms with Crippen LogP contribution in [0.3, 0.4) is 0 Å². The fourth-order valence-corrected chi connectivity index (χ4v) is 5.34. The Hall–Kier alpha value is -2.53. The number of morpholine rings is 1. The van der Waals surface area contributed by atoms with Crippen molar-refractivity contribution >= 4 is 55.4 Å². The number of thioether (sulfide) groups is 1. The smallest absolute Gasteiger partial charge is 0.250 e. The summed E-state index contributed by atoms with van der Waals surface area (Å²) in [6.07, 6.45) is 2.06. The highest BCUT2D eigenvalue weighted by Crippen LogP contribution is 2.32. The van der Waals surface area contributed by atoms with Gasteiger partial charge in [0.1, 0.15) is 12.1 Å². The van der Waals surface area contributed by atoms with Crippen molar-refractivity contribution in [2.24, 2.45) is 0 Å². The van der Waals surface area contributed by atoms with Crippen LogP contribution >= 0.6 is 23.1 Å². The average molecular weight is 469 g/mol. The van der Waals surface area contributed by atoms with Crippen LogP contribution in [0.4, 0.5) is 5.13 Å². The Labute approximate surface area is 194 Å². The van der Waals surface area contributed by atoms with Crippen molar-refractivity contribution in [3.63, 3.8) is 0 Å². The third kappa shape index (κ3) is 4.49. The quantitative estimate of drug-likeness (QED) is 0.386. The molecule has 0 aliphatic carbocycles. The second-order valence-electron chi connectivity index (χ2n) is 7.57. The van der Waals surface area contributed by atoms with Crippen LogP contribution in [0, 0.1) is 0 Å². The second-order valence-corrected chi connectivity index (χ2v) is 9.45. The molecule has 1 fully saturated rings. The summed E-state index contributed by atoms with van der Waals surface area (Å²) in [6, 6.07) is 13.9. The number of hydrogen-bond donors (Lipinski definition) is 0. The Kier molecular flexibility index (Phi) is 6.35. The predicted octanol–water partition coefficient (Wildman–Crippen LogP) is 3.13. The Bertz CT molecular complexity index is 1230. The largest absolute Gasteiger partial charge is 0.379 e. The molecule has 0 saturated carbocycles. The summed E-state index contributed by atoms with van der Waals surface area (Å²) >= 11 is 3.26. The van der Waals surface area contributed by atoms with Gasteiger partial charge in [0, 0.05) is 31.1 Å². The molecule has 8 nitrogen and oxygen atoms in total. The number of benzene rings is 2. The molecule has 0 unspecified atom stereocenters. The van der Waals surface area contributed by atoms with Crippen molar-refractivity contribution in [3.8, 4) is 0 Å². The fraction of sp³-hybridized carbons (Fsp3) is 0.364. The van der Waals surface area contributed by atoms with E-state index in [2.05, 4.69) is 33.6 Å². The molecule has 166 valence electrons. The van der Waals surface area contributed by atoms with Gasteiger partial charge in [0.15, 0.2) is 5.13 Å². The number of para-hydroxylation sites is 1. The van der Waals surface area contributed by atoms with Crippen molar-refractivity contribution in [2.75, 3.05) is 50.5 Å². The summed E-state index contributed by atoms with van der Waals surface area (Å²) in [5.74, 6) is -0.0435. The van der Waals surface area contributed by atoms with E-state index in [0.29, 0.717) is 6.54 Å². The van der Waals surface area contributed by atoms with E-state index in [1.165, 1.54) is 4.90 Å². The van der Waals surface area contributed by atoms with Crippen LogP contribution in [0.25, 0.3) is 21.3 Å². The van der Waals surface area contributed by atoms with Crippen molar-refractivity contribution < 1.29 is 9.53 Å². The first-order chi connectivity index (χ1) is 15.7. The number of rotatable bonds is 7. The highest BCUT2D eigenvalue weighted by atomic mass is 32.2. The van der Waals surface area contributed by atoms with Crippen LogP contribution in [-0.4, -0.2) is 76.4 Å². The molecule has 5 rings (SSSR count). The maximum Gasteiger partial charge on any atom is 0.250 e. The zero-order valence-electron chi connectivity index (χ0n) is 17.8. The van der Waals surface area contributed by atoms with Gasteiger partial charge in [-0.15, -0.1) is 16.9 Å². The van der Waals surface area contributed by atoms with Crippen LogP contribution < -0.4 is 4.90 Å². The molecule has 0 bridgehead atoms. The topological polar surface area (TPSA) is 76.4 Å². The van der Waals surface area contributed by atoms with Crippen molar-refractivity contribution in [1.82, 2.24) is 24.9 Å². The SMILES string of the molecule is CSc1ccc2nc(N(CCN3CCOCC3)C(=O)Cn3nnc4ccccc43)sc2c1. The molecular formula is C22H24N6O2S2. The van der Waals surface area contributed by atoms with Gasteiger partial charge in [0.25, 0.3) is 5.91 Å². The zero-order valence-corrected chi connectivity index (χ0v) is 19.4. The van der Waals surface area contributed by atoms with Crippen LogP contribution in [0.15, 0.2) is 47.4 Å². The molecule has 1 amide bonds. The fourth-order valence-electron chi connectivity index (χ4n) is 3.78. The minimum absolute atomic E-state index is 0.0435. The maximum atomic E-state index is 13.5. The van der Waals surface area contributed by atoms with Crippen LogP contribution in [0.1, 0.15) is 0 Å². The Morgan fingerprint density at radius 1 is 1.19 bits per heavy atom. The Morgan fingerprint density at radius 3 is 2.88 bits per heavy atom. The molecule has 1 aliphatic rings. The van der Waals surface area contributed by atoms with Gasteiger partial charge in [-0.1, -0.05) is 28.7 Å². The highest BCUT2D eigenvalue weighted by molar-refractivity contribution is 7.98. The second kappa shape index (κ2) is 9.53. The standard InChI is InChI=1S/C22H24N6O2S2/c1-31-16-6-7-18-20(14-16)32-22(23-18)27(9-8-26-10-12-30-13-11-26)21(29)15-28-19-5-3-2-4-17(19)24-25-28/h2-7,14H,8-13,15H2,1H3.